The highest BCUT2D eigenvalue weighted by molar-refractivity contribution is 5.93. The molecule has 0 aliphatic heterocycles. The second-order valence-corrected chi connectivity index (χ2v) is 5.65. The zero-order valence-electron chi connectivity index (χ0n) is 14.5. The third-order valence-corrected chi connectivity index (χ3v) is 3.33. The number of primary amides is 1. The van der Waals surface area contributed by atoms with Gasteiger partial charge in [-0.3, -0.25) is 19.2 Å². The van der Waals surface area contributed by atoms with Crippen molar-refractivity contribution in [2.75, 3.05) is 6.61 Å². The van der Waals surface area contributed by atoms with Crippen LogP contribution in [0.1, 0.15) is 26.7 Å². The first-order chi connectivity index (χ1) is 12.0. The quantitative estimate of drug-likeness (QED) is 0.189. The fourth-order valence-electron chi connectivity index (χ4n) is 1.71. The Morgan fingerprint density at radius 2 is 1.38 bits per heavy atom. The molecule has 12 heteroatoms. The first-order valence-corrected chi connectivity index (χ1v) is 7.78. The summed E-state index contributed by atoms with van der Waals surface area (Å²) in [5.41, 5.74) is 10.2. The summed E-state index contributed by atoms with van der Waals surface area (Å²) in [4.78, 5) is 57.2. The number of carboxylic acid groups (broad SMARTS) is 1. The minimum absolute atomic E-state index is 0.192. The first kappa shape index (κ1) is 23.3. The van der Waals surface area contributed by atoms with Crippen LogP contribution < -0.4 is 27.4 Å². The third kappa shape index (κ3) is 8.39. The number of aliphatic hydroxyl groups is 1. The van der Waals surface area contributed by atoms with Gasteiger partial charge in [0.05, 0.1) is 6.61 Å². The Morgan fingerprint density at radius 3 is 1.81 bits per heavy atom. The van der Waals surface area contributed by atoms with E-state index < -0.39 is 60.4 Å². The van der Waals surface area contributed by atoms with Crippen molar-refractivity contribution in [1.29, 1.82) is 0 Å². The van der Waals surface area contributed by atoms with Crippen LogP contribution in [0, 0.1) is 0 Å². The lowest BCUT2D eigenvalue weighted by molar-refractivity contribution is -0.142. The molecule has 0 spiro atoms. The average Bonchev–Trinajstić information content (AvgIpc) is 2.56. The monoisotopic (exact) mass is 375 g/mol. The molecular formula is C14H25N5O7. The van der Waals surface area contributed by atoms with Crippen molar-refractivity contribution in [3.8, 4) is 0 Å². The summed E-state index contributed by atoms with van der Waals surface area (Å²) in [7, 11) is 0. The van der Waals surface area contributed by atoms with Crippen LogP contribution in [-0.2, 0) is 24.0 Å². The normalized spacial score (nSPS) is 15.1. The molecule has 0 radical (unpaired) electrons. The fourth-order valence-corrected chi connectivity index (χ4v) is 1.71. The Hall–Kier alpha value is -2.73. The number of carbonyl (C=O) groups excluding carboxylic acids is 4. The molecule has 0 fully saturated rings. The second kappa shape index (κ2) is 11.0. The van der Waals surface area contributed by atoms with Gasteiger partial charge in [0.2, 0.25) is 23.6 Å². The maximum atomic E-state index is 12.0. The van der Waals surface area contributed by atoms with E-state index in [2.05, 4.69) is 16.0 Å². The van der Waals surface area contributed by atoms with Crippen molar-refractivity contribution in [2.24, 2.45) is 11.5 Å². The third-order valence-electron chi connectivity index (χ3n) is 3.33. The Kier molecular flexibility index (Phi) is 9.84. The zero-order chi connectivity index (χ0) is 20.4. The van der Waals surface area contributed by atoms with Crippen LogP contribution in [0.15, 0.2) is 0 Å². The standard InChI is InChI=1S/C14H25N5O7/c1-6(18-13(24)8(15)5-20)11(22)17-7(2)12(23)19-9(14(25)26)3-4-10(16)21/h6-9,20H,3-5,15H2,1-2H3,(H2,16,21)(H,17,22)(H,18,24)(H,19,23)(H,25,26). The van der Waals surface area contributed by atoms with Crippen molar-refractivity contribution in [3.05, 3.63) is 0 Å². The summed E-state index contributed by atoms with van der Waals surface area (Å²) in [6, 6.07) is -4.68. The van der Waals surface area contributed by atoms with Gasteiger partial charge in [-0.05, 0) is 20.3 Å². The lowest BCUT2D eigenvalue weighted by Crippen LogP contribution is -2.55. The van der Waals surface area contributed by atoms with Gasteiger partial charge in [-0.1, -0.05) is 0 Å². The van der Waals surface area contributed by atoms with Gasteiger partial charge in [0, 0.05) is 6.42 Å². The van der Waals surface area contributed by atoms with E-state index in [1.807, 2.05) is 0 Å². The molecule has 0 saturated heterocycles. The molecule has 26 heavy (non-hydrogen) atoms. The van der Waals surface area contributed by atoms with E-state index in [4.69, 9.17) is 21.7 Å². The highest BCUT2D eigenvalue weighted by atomic mass is 16.4. The van der Waals surface area contributed by atoms with Crippen LogP contribution in [0.5, 0.6) is 0 Å². The summed E-state index contributed by atoms with van der Waals surface area (Å²) in [6.07, 6.45) is -0.422. The lowest BCUT2D eigenvalue weighted by atomic mass is 10.1. The number of aliphatic hydroxyl groups excluding tert-OH is 1. The molecule has 0 aromatic heterocycles. The Balaban J connectivity index is 4.62. The average molecular weight is 375 g/mol. The van der Waals surface area contributed by atoms with Gasteiger partial charge < -0.3 is 37.6 Å². The van der Waals surface area contributed by atoms with Gasteiger partial charge in [0.15, 0.2) is 0 Å². The van der Waals surface area contributed by atoms with Gasteiger partial charge >= 0.3 is 5.97 Å². The first-order valence-electron chi connectivity index (χ1n) is 7.78. The number of nitrogens with one attached hydrogen (secondary N) is 3. The van der Waals surface area contributed by atoms with Gasteiger partial charge in [-0.2, -0.15) is 0 Å². The molecule has 4 unspecified atom stereocenters. The molecule has 148 valence electrons. The van der Waals surface area contributed by atoms with Crippen LogP contribution in [0.25, 0.3) is 0 Å². The van der Waals surface area contributed by atoms with E-state index in [-0.39, 0.29) is 12.8 Å². The molecule has 12 nitrogen and oxygen atoms in total. The van der Waals surface area contributed by atoms with E-state index in [0.717, 1.165) is 0 Å². The summed E-state index contributed by atoms with van der Waals surface area (Å²) < 4.78 is 0. The van der Waals surface area contributed by atoms with Gasteiger partial charge in [0.1, 0.15) is 24.2 Å². The molecule has 0 aliphatic carbocycles. The number of hydrogen-bond donors (Lipinski definition) is 7. The zero-order valence-corrected chi connectivity index (χ0v) is 14.5. The molecule has 0 saturated carbocycles. The van der Waals surface area contributed by atoms with E-state index >= 15 is 0 Å². The number of nitrogens with two attached hydrogens (primary N) is 2. The van der Waals surface area contributed by atoms with E-state index in [9.17, 15) is 24.0 Å². The van der Waals surface area contributed by atoms with Crippen LogP contribution in [0.2, 0.25) is 0 Å². The largest absolute Gasteiger partial charge is 0.480 e. The number of carbonyl (C=O) groups is 5. The number of hydrogen-bond acceptors (Lipinski definition) is 7. The number of carboxylic acids is 1. The molecule has 0 bridgehead atoms. The minimum Gasteiger partial charge on any atom is -0.480 e. The van der Waals surface area contributed by atoms with Crippen molar-refractivity contribution in [2.45, 2.75) is 50.9 Å². The fraction of sp³-hybridized carbons (Fsp3) is 0.643. The van der Waals surface area contributed by atoms with Crippen LogP contribution >= 0.6 is 0 Å². The van der Waals surface area contributed by atoms with Crippen molar-refractivity contribution < 1.29 is 34.2 Å². The van der Waals surface area contributed by atoms with Crippen LogP contribution in [0.3, 0.4) is 0 Å². The molecule has 0 aromatic rings. The van der Waals surface area contributed by atoms with Gasteiger partial charge in [-0.15, -0.1) is 0 Å². The number of rotatable bonds is 11. The minimum atomic E-state index is -1.35. The number of amides is 4. The Labute approximate surface area is 149 Å². The van der Waals surface area contributed by atoms with Crippen molar-refractivity contribution in [3.63, 3.8) is 0 Å². The predicted octanol–water partition coefficient (Wildman–Crippen LogP) is -3.85. The van der Waals surface area contributed by atoms with Crippen LogP contribution in [0.4, 0.5) is 0 Å². The smallest absolute Gasteiger partial charge is 0.326 e. The predicted molar refractivity (Wildman–Crippen MR) is 88.3 cm³/mol. The summed E-state index contributed by atoms with van der Waals surface area (Å²) >= 11 is 0. The van der Waals surface area contributed by atoms with Crippen molar-refractivity contribution >= 4 is 29.6 Å². The maximum Gasteiger partial charge on any atom is 0.326 e. The van der Waals surface area contributed by atoms with Crippen molar-refractivity contribution in [1.82, 2.24) is 16.0 Å². The Bertz CT molecular complexity index is 554. The second-order valence-electron chi connectivity index (χ2n) is 5.65. The summed E-state index contributed by atoms with van der Waals surface area (Å²) in [6.45, 7) is 2.06. The maximum absolute atomic E-state index is 12.0. The van der Waals surface area contributed by atoms with E-state index in [0.29, 0.717) is 0 Å². The lowest BCUT2D eigenvalue weighted by Gasteiger charge is -2.21. The Morgan fingerprint density at radius 1 is 0.923 bits per heavy atom. The molecular weight excluding hydrogens is 350 g/mol. The number of aliphatic carboxylic acids is 1. The summed E-state index contributed by atoms with van der Waals surface area (Å²) in [5, 5.41) is 24.5. The van der Waals surface area contributed by atoms with Crippen LogP contribution in [-0.4, -0.2) is 70.6 Å². The molecule has 4 atom stereocenters. The molecule has 0 rings (SSSR count). The molecule has 0 aromatic carbocycles. The van der Waals surface area contributed by atoms with Gasteiger partial charge in [0.25, 0.3) is 0 Å². The molecule has 4 amide bonds. The summed E-state index contributed by atoms with van der Waals surface area (Å²) in [5.74, 6) is -4.31. The SMILES string of the molecule is CC(NC(=O)C(N)CO)C(=O)NC(C)C(=O)NC(CCC(N)=O)C(=O)O. The molecule has 0 aliphatic rings. The highest BCUT2D eigenvalue weighted by Crippen LogP contribution is 1.99. The highest BCUT2D eigenvalue weighted by Gasteiger charge is 2.26. The van der Waals surface area contributed by atoms with E-state index in [1.165, 1.54) is 13.8 Å². The molecule has 0 heterocycles. The topological polar surface area (TPSA) is 214 Å². The van der Waals surface area contributed by atoms with E-state index in [1.54, 1.807) is 0 Å². The van der Waals surface area contributed by atoms with Gasteiger partial charge in [-0.25, -0.2) is 4.79 Å². The molecule has 9 N–H and O–H groups in total.